The van der Waals surface area contributed by atoms with Crippen molar-refractivity contribution in [2.75, 3.05) is 13.1 Å². The molecule has 1 heterocycles. The second kappa shape index (κ2) is 8.85. The maximum Gasteiger partial charge on any atom is 0.123 e. The molecule has 4 rings (SSSR count). The Kier molecular flexibility index (Phi) is 6.02. The van der Waals surface area contributed by atoms with E-state index in [1.807, 2.05) is 18.2 Å². The van der Waals surface area contributed by atoms with Gasteiger partial charge in [-0.05, 0) is 54.3 Å². The van der Waals surface area contributed by atoms with Crippen LogP contribution in [-0.2, 0) is 13.1 Å². The van der Waals surface area contributed by atoms with Crippen molar-refractivity contribution in [2.24, 2.45) is 0 Å². The third-order valence-electron chi connectivity index (χ3n) is 5.50. The van der Waals surface area contributed by atoms with E-state index < -0.39 is 0 Å². The molecule has 1 aliphatic rings. The average Bonchev–Trinajstić information content (AvgIpc) is 2.70. The van der Waals surface area contributed by atoms with Crippen LogP contribution in [0.2, 0.25) is 0 Å². The van der Waals surface area contributed by atoms with Crippen LogP contribution in [0.1, 0.15) is 34.8 Å². The standard InChI is InChI=1S/C25H26F2N2/c1-19-5-2-6-21(15-19)18-29-14-4-13-28(17-20-9-11-23(26)12-10-20)25(29)22-7-3-8-24(27)16-22/h2-3,5-12,15-16,25H,4,13-14,17-18H2,1H3/t25-/m1/s1. The lowest BCUT2D eigenvalue weighted by atomic mass is 10.0. The van der Waals surface area contributed by atoms with Gasteiger partial charge in [0.15, 0.2) is 0 Å². The number of halogens is 2. The second-order valence-electron chi connectivity index (χ2n) is 7.84. The maximum atomic E-state index is 14.0. The summed E-state index contributed by atoms with van der Waals surface area (Å²) < 4.78 is 27.4. The van der Waals surface area contributed by atoms with E-state index in [1.165, 1.54) is 29.3 Å². The quantitative estimate of drug-likeness (QED) is 0.551. The van der Waals surface area contributed by atoms with Crippen molar-refractivity contribution < 1.29 is 8.78 Å². The molecule has 1 aliphatic heterocycles. The first-order chi connectivity index (χ1) is 14.1. The fraction of sp³-hybridized carbons (Fsp3) is 0.280. The predicted octanol–water partition coefficient (Wildman–Crippen LogP) is 5.68. The second-order valence-corrected chi connectivity index (χ2v) is 7.84. The fourth-order valence-corrected chi connectivity index (χ4v) is 4.24. The average molecular weight is 392 g/mol. The smallest absolute Gasteiger partial charge is 0.123 e. The van der Waals surface area contributed by atoms with Gasteiger partial charge >= 0.3 is 0 Å². The minimum atomic E-state index is -0.227. The fourth-order valence-electron chi connectivity index (χ4n) is 4.24. The Morgan fingerprint density at radius 2 is 1.45 bits per heavy atom. The third kappa shape index (κ3) is 4.89. The summed E-state index contributed by atoms with van der Waals surface area (Å²) >= 11 is 0. The number of benzene rings is 3. The van der Waals surface area contributed by atoms with Gasteiger partial charge in [0.2, 0.25) is 0 Å². The highest BCUT2D eigenvalue weighted by atomic mass is 19.1. The molecule has 3 aromatic rings. The van der Waals surface area contributed by atoms with Gasteiger partial charge in [-0.1, -0.05) is 54.1 Å². The van der Waals surface area contributed by atoms with Crippen molar-refractivity contribution >= 4 is 0 Å². The monoisotopic (exact) mass is 392 g/mol. The Balaban J connectivity index is 1.64. The molecule has 0 spiro atoms. The molecule has 0 bridgehead atoms. The molecule has 29 heavy (non-hydrogen) atoms. The Labute approximate surface area is 171 Å². The highest BCUT2D eigenvalue weighted by Crippen LogP contribution is 2.32. The zero-order valence-electron chi connectivity index (χ0n) is 16.7. The van der Waals surface area contributed by atoms with Gasteiger partial charge in [-0.15, -0.1) is 0 Å². The van der Waals surface area contributed by atoms with Crippen LogP contribution < -0.4 is 0 Å². The van der Waals surface area contributed by atoms with Crippen LogP contribution in [0.25, 0.3) is 0 Å². The first-order valence-corrected chi connectivity index (χ1v) is 10.1. The molecule has 0 N–H and O–H groups in total. The number of nitrogens with zero attached hydrogens (tertiary/aromatic N) is 2. The summed E-state index contributed by atoms with van der Waals surface area (Å²) in [6.07, 6.45) is 1.02. The van der Waals surface area contributed by atoms with Crippen molar-refractivity contribution in [3.05, 3.63) is 107 Å². The van der Waals surface area contributed by atoms with Crippen LogP contribution in [0.3, 0.4) is 0 Å². The number of hydrogen-bond donors (Lipinski definition) is 0. The Hall–Kier alpha value is -2.56. The molecule has 0 unspecified atom stereocenters. The summed E-state index contributed by atoms with van der Waals surface area (Å²) in [5.41, 5.74) is 4.52. The van der Waals surface area contributed by atoms with E-state index in [0.717, 1.165) is 37.2 Å². The van der Waals surface area contributed by atoms with Crippen molar-refractivity contribution in [3.63, 3.8) is 0 Å². The van der Waals surface area contributed by atoms with E-state index in [1.54, 1.807) is 12.1 Å². The van der Waals surface area contributed by atoms with Gasteiger partial charge in [0.1, 0.15) is 11.6 Å². The molecule has 1 saturated heterocycles. The first kappa shape index (κ1) is 19.7. The molecule has 0 amide bonds. The molecule has 1 fully saturated rings. The lowest BCUT2D eigenvalue weighted by Gasteiger charge is -2.44. The number of rotatable bonds is 5. The SMILES string of the molecule is Cc1cccc(CN2CCCN(Cc3ccc(F)cc3)[C@H]2c2cccc(F)c2)c1. The molecule has 4 heteroatoms. The van der Waals surface area contributed by atoms with Gasteiger partial charge in [0.05, 0.1) is 6.17 Å². The topological polar surface area (TPSA) is 6.48 Å². The van der Waals surface area contributed by atoms with Gasteiger partial charge < -0.3 is 0 Å². The van der Waals surface area contributed by atoms with E-state index >= 15 is 0 Å². The predicted molar refractivity (Wildman–Crippen MR) is 112 cm³/mol. The van der Waals surface area contributed by atoms with Crippen LogP contribution >= 0.6 is 0 Å². The molecule has 0 aliphatic carbocycles. The van der Waals surface area contributed by atoms with E-state index in [4.69, 9.17) is 0 Å². The first-order valence-electron chi connectivity index (χ1n) is 10.1. The summed E-state index contributed by atoms with van der Waals surface area (Å²) in [6.45, 7) is 5.48. The molecule has 2 nitrogen and oxygen atoms in total. The van der Waals surface area contributed by atoms with Crippen molar-refractivity contribution in [3.8, 4) is 0 Å². The van der Waals surface area contributed by atoms with Crippen molar-refractivity contribution in [1.29, 1.82) is 0 Å². The Bertz CT molecular complexity index is 955. The molecular formula is C25H26F2N2. The van der Waals surface area contributed by atoms with E-state index in [-0.39, 0.29) is 17.8 Å². The molecule has 0 radical (unpaired) electrons. The largest absolute Gasteiger partial charge is 0.280 e. The van der Waals surface area contributed by atoms with Crippen LogP contribution in [0.5, 0.6) is 0 Å². The zero-order valence-corrected chi connectivity index (χ0v) is 16.7. The Morgan fingerprint density at radius 1 is 0.759 bits per heavy atom. The lowest BCUT2D eigenvalue weighted by Crippen LogP contribution is -2.46. The zero-order chi connectivity index (χ0) is 20.2. The van der Waals surface area contributed by atoms with Crippen molar-refractivity contribution in [2.45, 2.75) is 32.6 Å². The van der Waals surface area contributed by atoms with Gasteiger partial charge in [-0.3, -0.25) is 9.80 Å². The molecule has 3 aromatic carbocycles. The molecule has 0 aromatic heterocycles. The number of aryl methyl sites for hydroxylation is 1. The summed E-state index contributed by atoms with van der Waals surface area (Å²) in [5.74, 6) is -0.444. The molecule has 1 atom stereocenters. The van der Waals surface area contributed by atoms with Gasteiger partial charge in [0, 0.05) is 26.2 Å². The molecule has 0 saturated carbocycles. The van der Waals surface area contributed by atoms with Crippen LogP contribution in [0.15, 0.2) is 72.8 Å². The molecular weight excluding hydrogens is 366 g/mol. The highest BCUT2D eigenvalue weighted by molar-refractivity contribution is 5.25. The van der Waals surface area contributed by atoms with Crippen LogP contribution in [0.4, 0.5) is 8.78 Å². The van der Waals surface area contributed by atoms with Gasteiger partial charge in [-0.2, -0.15) is 0 Å². The summed E-state index contributed by atoms with van der Waals surface area (Å²) in [4.78, 5) is 4.78. The lowest BCUT2D eigenvalue weighted by molar-refractivity contribution is -0.00925. The van der Waals surface area contributed by atoms with E-state index in [9.17, 15) is 8.78 Å². The highest BCUT2D eigenvalue weighted by Gasteiger charge is 2.31. The minimum absolute atomic E-state index is 0.0231. The summed E-state index contributed by atoms with van der Waals surface area (Å²) in [7, 11) is 0. The van der Waals surface area contributed by atoms with Gasteiger partial charge in [-0.25, -0.2) is 8.78 Å². The summed E-state index contributed by atoms with van der Waals surface area (Å²) in [5, 5.41) is 0. The maximum absolute atomic E-state index is 14.0. The van der Waals surface area contributed by atoms with E-state index in [2.05, 4.69) is 41.0 Å². The molecule has 150 valence electrons. The minimum Gasteiger partial charge on any atom is -0.280 e. The normalized spacial score (nSPS) is 18.1. The Morgan fingerprint density at radius 3 is 2.14 bits per heavy atom. The van der Waals surface area contributed by atoms with Crippen molar-refractivity contribution in [1.82, 2.24) is 9.80 Å². The summed E-state index contributed by atoms with van der Waals surface area (Å²) in [6, 6.07) is 22.1. The van der Waals surface area contributed by atoms with Gasteiger partial charge in [0.25, 0.3) is 0 Å². The van der Waals surface area contributed by atoms with Crippen LogP contribution in [0, 0.1) is 18.6 Å². The van der Waals surface area contributed by atoms with E-state index in [0.29, 0.717) is 6.54 Å². The number of hydrogen-bond acceptors (Lipinski definition) is 2. The van der Waals surface area contributed by atoms with Crippen LogP contribution in [-0.4, -0.2) is 22.9 Å². The third-order valence-corrected chi connectivity index (χ3v) is 5.50.